The molecule has 0 aliphatic heterocycles. The second kappa shape index (κ2) is 7.38. The van der Waals surface area contributed by atoms with Gasteiger partial charge in [0, 0.05) is 34.8 Å². The number of nitrogens with zero attached hydrogens (tertiary/aromatic N) is 3. The average molecular weight is 372 g/mol. The maximum atomic E-state index is 13.2. The standard InChI is InChI=1S/C19H18ClN3OS/c1-3-15-22-18-17(19(24)23(15)11-5-4-10-21)16(12(2)25-18)13-6-8-14(20)9-7-13/h6-9H,3-5,11H2,1-2H3. The van der Waals surface area contributed by atoms with Crippen molar-refractivity contribution in [2.75, 3.05) is 0 Å². The number of unbranched alkanes of at least 4 members (excludes halogenated alkanes) is 1. The van der Waals surface area contributed by atoms with Gasteiger partial charge in [0.25, 0.3) is 5.56 Å². The predicted molar refractivity (Wildman–Crippen MR) is 103 cm³/mol. The molecule has 2 heterocycles. The first-order valence-corrected chi connectivity index (χ1v) is 9.42. The molecule has 0 saturated carbocycles. The number of thiophene rings is 1. The third-order valence-electron chi connectivity index (χ3n) is 4.19. The molecule has 0 atom stereocenters. The summed E-state index contributed by atoms with van der Waals surface area (Å²) in [6.07, 6.45) is 1.77. The van der Waals surface area contributed by atoms with E-state index in [9.17, 15) is 4.79 Å². The van der Waals surface area contributed by atoms with Crippen LogP contribution < -0.4 is 5.56 Å². The molecule has 0 saturated heterocycles. The zero-order valence-electron chi connectivity index (χ0n) is 14.2. The van der Waals surface area contributed by atoms with Crippen LogP contribution in [0, 0.1) is 18.3 Å². The molecule has 0 spiro atoms. The minimum atomic E-state index is -0.0194. The molecule has 4 nitrogen and oxygen atoms in total. The van der Waals surface area contributed by atoms with Gasteiger partial charge in [-0.15, -0.1) is 11.3 Å². The second-order valence-corrected chi connectivity index (χ2v) is 7.46. The lowest BCUT2D eigenvalue weighted by Gasteiger charge is -2.11. The molecule has 0 radical (unpaired) electrons. The van der Waals surface area contributed by atoms with E-state index in [1.807, 2.05) is 38.1 Å². The van der Waals surface area contributed by atoms with E-state index in [2.05, 4.69) is 6.07 Å². The summed E-state index contributed by atoms with van der Waals surface area (Å²) in [6.45, 7) is 4.53. The number of hydrogen-bond donors (Lipinski definition) is 0. The summed E-state index contributed by atoms with van der Waals surface area (Å²) in [5.74, 6) is 0.777. The van der Waals surface area contributed by atoms with E-state index in [1.165, 1.54) is 0 Å². The quantitative estimate of drug-likeness (QED) is 0.596. The van der Waals surface area contributed by atoms with Gasteiger partial charge in [-0.25, -0.2) is 4.98 Å². The Kier molecular flexibility index (Phi) is 5.22. The fourth-order valence-corrected chi connectivity index (χ4v) is 4.20. The highest BCUT2D eigenvalue weighted by Crippen LogP contribution is 2.36. The van der Waals surface area contributed by atoms with E-state index in [-0.39, 0.29) is 5.56 Å². The van der Waals surface area contributed by atoms with Crippen LogP contribution in [0.4, 0.5) is 0 Å². The first-order chi connectivity index (χ1) is 12.1. The minimum Gasteiger partial charge on any atom is -0.296 e. The molecular formula is C19H18ClN3OS. The number of aromatic nitrogens is 2. The van der Waals surface area contributed by atoms with Gasteiger partial charge in [-0.3, -0.25) is 9.36 Å². The highest BCUT2D eigenvalue weighted by atomic mass is 35.5. The fraction of sp³-hybridized carbons (Fsp3) is 0.316. The number of aryl methyl sites for hydroxylation is 2. The van der Waals surface area contributed by atoms with Crippen molar-refractivity contribution in [3.8, 4) is 17.2 Å². The molecule has 0 bridgehead atoms. The van der Waals surface area contributed by atoms with Crippen LogP contribution in [0.25, 0.3) is 21.3 Å². The van der Waals surface area contributed by atoms with Gasteiger partial charge in [-0.1, -0.05) is 30.7 Å². The van der Waals surface area contributed by atoms with Crippen molar-refractivity contribution in [2.45, 2.75) is 39.7 Å². The van der Waals surface area contributed by atoms with Crippen molar-refractivity contribution < 1.29 is 0 Å². The van der Waals surface area contributed by atoms with E-state index >= 15 is 0 Å². The third kappa shape index (κ3) is 3.33. The van der Waals surface area contributed by atoms with Crippen LogP contribution in [0.15, 0.2) is 29.1 Å². The van der Waals surface area contributed by atoms with E-state index < -0.39 is 0 Å². The molecule has 25 heavy (non-hydrogen) atoms. The monoisotopic (exact) mass is 371 g/mol. The van der Waals surface area contributed by atoms with Crippen molar-refractivity contribution in [1.82, 2.24) is 9.55 Å². The van der Waals surface area contributed by atoms with Crippen LogP contribution >= 0.6 is 22.9 Å². The van der Waals surface area contributed by atoms with Gasteiger partial charge in [0.05, 0.1) is 11.5 Å². The van der Waals surface area contributed by atoms with Gasteiger partial charge in [0.15, 0.2) is 0 Å². The van der Waals surface area contributed by atoms with Crippen LogP contribution in [0.5, 0.6) is 0 Å². The lowest BCUT2D eigenvalue weighted by atomic mass is 10.0. The van der Waals surface area contributed by atoms with E-state index in [1.54, 1.807) is 15.9 Å². The molecule has 0 aliphatic carbocycles. The first kappa shape index (κ1) is 17.7. The molecule has 0 aliphatic rings. The SMILES string of the molecule is CCc1nc2sc(C)c(-c3ccc(Cl)cc3)c2c(=O)n1CCCC#N. The summed E-state index contributed by atoms with van der Waals surface area (Å²) in [6, 6.07) is 9.67. The maximum absolute atomic E-state index is 13.2. The van der Waals surface area contributed by atoms with Gasteiger partial charge < -0.3 is 0 Å². The van der Waals surface area contributed by atoms with Crippen molar-refractivity contribution in [3.05, 3.63) is 50.3 Å². The lowest BCUT2D eigenvalue weighted by molar-refractivity contribution is 0.594. The fourth-order valence-electron chi connectivity index (χ4n) is 3.02. The Labute approximate surface area is 155 Å². The van der Waals surface area contributed by atoms with Crippen LogP contribution in [0.3, 0.4) is 0 Å². The third-order valence-corrected chi connectivity index (χ3v) is 5.44. The predicted octanol–water partition coefficient (Wildman–Crippen LogP) is 4.95. The highest BCUT2D eigenvalue weighted by Gasteiger charge is 2.19. The van der Waals surface area contributed by atoms with Gasteiger partial charge in [0.1, 0.15) is 10.7 Å². The molecule has 6 heteroatoms. The van der Waals surface area contributed by atoms with Crippen molar-refractivity contribution in [2.24, 2.45) is 0 Å². The molecule has 128 valence electrons. The molecular weight excluding hydrogens is 354 g/mol. The molecule has 0 unspecified atom stereocenters. The van der Waals surface area contributed by atoms with Crippen LogP contribution in [0.2, 0.25) is 5.02 Å². The Hall–Kier alpha value is -2.16. The topological polar surface area (TPSA) is 58.7 Å². The maximum Gasteiger partial charge on any atom is 0.262 e. The Balaban J connectivity index is 2.24. The number of benzene rings is 1. The normalized spacial score (nSPS) is 11.0. The van der Waals surface area contributed by atoms with E-state index in [4.69, 9.17) is 21.8 Å². The Bertz CT molecular complexity index is 1010. The number of rotatable bonds is 5. The van der Waals surface area contributed by atoms with Gasteiger partial charge in [-0.05, 0) is 31.0 Å². The first-order valence-electron chi connectivity index (χ1n) is 8.22. The summed E-state index contributed by atoms with van der Waals surface area (Å²) in [7, 11) is 0. The van der Waals surface area contributed by atoms with Crippen molar-refractivity contribution in [3.63, 3.8) is 0 Å². The summed E-state index contributed by atoms with van der Waals surface area (Å²) in [5.41, 5.74) is 1.89. The molecule has 3 aromatic rings. The van der Waals surface area contributed by atoms with Gasteiger partial charge in [-0.2, -0.15) is 5.26 Å². The average Bonchev–Trinajstić information content (AvgIpc) is 2.93. The molecule has 3 rings (SSSR count). The summed E-state index contributed by atoms with van der Waals surface area (Å²) >= 11 is 7.54. The zero-order chi connectivity index (χ0) is 18.0. The van der Waals surface area contributed by atoms with Crippen LogP contribution in [0.1, 0.15) is 30.5 Å². The summed E-state index contributed by atoms with van der Waals surface area (Å²) in [4.78, 5) is 19.8. The zero-order valence-corrected chi connectivity index (χ0v) is 15.7. The molecule has 0 N–H and O–H groups in total. The van der Waals surface area contributed by atoms with Crippen LogP contribution in [-0.4, -0.2) is 9.55 Å². The van der Waals surface area contributed by atoms with Gasteiger partial charge in [0.2, 0.25) is 0 Å². The number of fused-ring (bicyclic) bond motifs is 1. The summed E-state index contributed by atoms with van der Waals surface area (Å²) < 4.78 is 1.73. The second-order valence-electron chi connectivity index (χ2n) is 5.82. The van der Waals surface area contributed by atoms with E-state index in [0.717, 1.165) is 26.7 Å². The van der Waals surface area contributed by atoms with Crippen molar-refractivity contribution >= 4 is 33.2 Å². The molecule has 0 amide bonds. The highest BCUT2D eigenvalue weighted by molar-refractivity contribution is 7.19. The molecule has 1 aromatic carbocycles. The number of hydrogen-bond acceptors (Lipinski definition) is 4. The Morgan fingerprint density at radius 2 is 2.04 bits per heavy atom. The number of nitriles is 1. The lowest BCUT2D eigenvalue weighted by Crippen LogP contribution is -2.25. The Morgan fingerprint density at radius 1 is 1.32 bits per heavy atom. The number of halogens is 1. The minimum absolute atomic E-state index is 0.0194. The Morgan fingerprint density at radius 3 is 2.68 bits per heavy atom. The van der Waals surface area contributed by atoms with Crippen LogP contribution in [-0.2, 0) is 13.0 Å². The smallest absolute Gasteiger partial charge is 0.262 e. The molecule has 0 fully saturated rings. The van der Waals surface area contributed by atoms with E-state index in [0.29, 0.717) is 36.2 Å². The largest absolute Gasteiger partial charge is 0.296 e. The van der Waals surface area contributed by atoms with Gasteiger partial charge >= 0.3 is 0 Å². The van der Waals surface area contributed by atoms with Crippen molar-refractivity contribution in [1.29, 1.82) is 5.26 Å². The summed E-state index contributed by atoms with van der Waals surface area (Å²) in [5, 5.41) is 10.1. The molecule has 2 aromatic heterocycles.